The highest BCUT2D eigenvalue weighted by atomic mass is 79.9. The first-order valence-electron chi connectivity index (χ1n) is 5.87. The zero-order valence-corrected chi connectivity index (χ0v) is 14.2. The molecule has 0 atom stereocenters. The Bertz CT molecular complexity index is 783. The lowest BCUT2D eigenvalue weighted by molar-refractivity contribution is 0.0695. The highest BCUT2D eigenvalue weighted by Crippen LogP contribution is 2.22. The van der Waals surface area contributed by atoms with Crippen molar-refractivity contribution in [2.45, 2.75) is 18.4 Å². The van der Waals surface area contributed by atoms with Gasteiger partial charge in [-0.3, -0.25) is 0 Å². The van der Waals surface area contributed by atoms with Crippen LogP contribution < -0.4 is 4.72 Å². The summed E-state index contributed by atoms with van der Waals surface area (Å²) in [4.78, 5) is 13.0. The average molecular weight is 390 g/mol. The van der Waals surface area contributed by atoms with Crippen molar-refractivity contribution in [3.8, 4) is 0 Å². The predicted molar refractivity (Wildman–Crippen MR) is 84.2 cm³/mol. The first kappa shape index (κ1) is 16.2. The minimum Gasteiger partial charge on any atom is -0.478 e. The number of nitrogens with one attached hydrogen (secondary N) is 1. The van der Waals surface area contributed by atoms with Crippen LogP contribution in [0.25, 0.3) is 0 Å². The molecule has 0 radical (unpaired) electrons. The smallest absolute Gasteiger partial charge is 0.336 e. The van der Waals surface area contributed by atoms with Gasteiger partial charge in [0.05, 0.1) is 10.5 Å². The number of hydrogen-bond donors (Lipinski definition) is 2. The van der Waals surface area contributed by atoms with E-state index in [0.717, 1.165) is 15.8 Å². The van der Waals surface area contributed by atoms with Gasteiger partial charge in [0.15, 0.2) is 0 Å². The highest BCUT2D eigenvalue weighted by molar-refractivity contribution is 9.10. The number of carboxylic acids is 1. The summed E-state index contributed by atoms with van der Waals surface area (Å²) in [5.41, 5.74) is -0.0927. The van der Waals surface area contributed by atoms with Crippen LogP contribution in [0.4, 0.5) is 0 Å². The van der Waals surface area contributed by atoms with Gasteiger partial charge in [0.1, 0.15) is 0 Å². The van der Waals surface area contributed by atoms with Crippen molar-refractivity contribution >= 4 is 43.3 Å². The fourth-order valence-electron chi connectivity index (χ4n) is 1.67. The minimum absolute atomic E-state index is 0.0728. The minimum atomic E-state index is -3.75. The molecule has 2 rings (SSSR count). The van der Waals surface area contributed by atoms with Crippen molar-refractivity contribution in [3.05, 3.63) is 50.1 Å². The third-order valence-electron chi connectivity index (χ3n) is 2.71. The van der Waals surface area contributed by atoms with Crippen LogP contribution in [0.1, 0.15) is 20.1 Å². The Morgan fingerprint density at radius 1 is 1.33 bits per heavy atom. The summed E-state index contributed by atoms with van der Waals surface area (Å²) < 4.78 is 27.2. The summed E-state index contributed by atoms with van der Waals surface area (Å²) in [5, 5.41) is 9.02. The molecule has 0 fully saturated rings. The van der Waals surface area contributed by atoms with E-state index in [1.54, 1.807) is 0 Å². The van der Waals surface area contributed by atoms with Gasteiger partial charge in [0, 0.05) is 20.8 Å². The van der Waals surface area contributed by atoms with Crippen LogP contribution in [-0.2, 0) is 16.6 Å². The quantitative estimate of drug-likeness (QED) is 0.822. The van der Waals surface area contributed by atoms with Gasteiger partial charge in [0.25, 0.3) is 0 Å². The zero-order valence-electron chi connectivity index (χ0n) is 11.0. The Labute approximate surface area is 134 Å². The molecule has 2 aromatic rings. The van der Waals surface area contributed by atoms with Crippen molar-refractivity contribution in [2.24, 2.45) is 0 Å². The summed E-state index contributed by atoms with van der Waals surface area (Å²) in [6, 6.07) is 7.67. The van der Waals surface area contributed by atoms with E-state index in [1.807, 2.05) is 19.1 Å². The topological polar surface area (TPSA) is 83.5 Å². The number of carboxylic acid groups (broad SMARTS) is 1. The molecule has 2 N–H and O–H groups in total. The maximum atomic E-state index is 12.2. The second kappa shape index (κ2) is 6.27. The average Bonchev–Trinajstić information content (AvgIpc) is 2.82. The maximum absolute atomic E-state index is 12.2. The van der Waals surface area contributed by atoms with Crippen molar-refractivity contribution in [2.75, 3.05) is 0 Å². The summed E-state index contributed by atoms with van der Waals surface area (Å²) in [7, 11) is -3.75. The van der Waals surface area contributed by atoms with Crippen LogP contribution in [0.3, 0.4) is 0 Å². The Hall–Kier alpha value is -1.22. The van der Waals surface area contributed by atoms with Gasteiger partial charge in [-0.2, -0.15) is 0 Å². The molecule has 5 nitrogen and oxygen atoms in total. The zero-order chi connectivity index (χ0) is 15.6. The molecule has 0 aliphatic carbocycles. The first-order valence-corrected chi connectivity index (χ1v) is 8.97. The number of halogens is 1. The Balaban J connectivity index is 2.23. The van der Waals surface area contributed by atoms with E-state index in [1.165, 1.54) is 23.5 Å². The SMILES string of the molecule is Cc1ccc(CNS(=O)(=O)c2ccc(Br)c(C(=O)O)c2)s1. The molecule has 1 aromatic heterocycles. The van der Waals surface area contributed by atoms with Crippen LogP contribution >= 0.6 is 27.3 Å². The monoisotopic (exact) mass is 389 g/mol. The molecule has 8 heteroatoms. The third kappa shape index (κ3) is 3.91. The van der Waals surface area contributed by atoms with Gasteiger partial charge < -0.3 is 5.11 Å². The molecule has 0 aliphatic heterocycles. The van der Waals surface area contributed by atoms with Gasteiger partial charge in [-0.1, -0.05) is 0 Å². The van der Waals surface area contributed by atoms with Gasteiger partial charge >= 0.3 is 5.97 Å². The molecule has 0 saturated carbocycles. The van der Waals surface area contributed by atoms with Crippen LogP contribution in [0.2, 0.25) is 0 Å². The van der Waals surface area contributed by atoms with E-state index in [-0.39, 0.29) is 17.0 Å². The molecule has 112 valence electrons. The number of thiophene rings is 1. The molecule has 0 unspecified atom stereocenters. The van der Waals surface area contributed by atoms with E-state index in [4.69, 9.17) is 5.11 Å². The summed E-state index contributed by atoms with van der Waals surface area (Å²) >= 11 is 4.59. The number of hydrogen-bond acceptors (Lipinski definition) is 4. The maximum Gasteiger partial charge on any atom is 0.336 e. The number of carbonyl (C=O) groups is 1. The molecular formula is C13H12BrNO4S2. The second-order valence-electron chi connectivity index (χ2n) is 4.28. The Morgan fingerprint density at radius 3 is 2.62 bits per heavy atom. The van der Waals surface area contributed by atoms with Crippen LogP contribution in [-0.4, -0.2) is 19.5 Å². The lowest BCUT2D eigenvalue weighted by atomic mass is 10.2. The van der Waals surface area contributed by atoms with Crippen molar-refractivity contribution < 1.29 is 18.3 Å². The molecule has 21 heavy (non-hydrogen) atoms. The van der Waals surface area contributed by atoms with Crippen molar-refractivity contribution in [3.63, 3.8) is 0 Å². The molecule has 0 aliphatic rings. The largest absolute Gasteiger partial charge is 0.478 e. The summed E-state index contributed by atoms with van der Waals surface area (Å²) in [5.74, 6) is -1.19. The lowest BCUT2D eigenvalue weighted by Crippen LogP contribution is -2.23. The van der Waals surface area contributed by atoms with E-state index in [0.29, 0.717) is 4.47 Å². The molecule has 0 amide bonds. The van der Waals surface area contributed by atoms with Gasteiger partial charge in [-0.15, -0.1) is 11.3 Å². The van der Waals surface area contributed by atoms with Gasteiger partial charge in [0.2, 0.25) is 10.0 Å². The highest BCUT2D eigenvalue weighted by Gasteiger charge is 2.18. The molecule has 0 saturated heterocycles. The van der Waals surface area contributed by atoms with E-state index < -0.39 is 16.0 Å². The fraction of sp³-hybridized carbons (Fsp3) is 0.154. The first-order chi connectivity index (χ1) is 9.79. The van der Waals surface area contributed by atoms with Crippen LogP contribution in [0.5, 0.6) is 0 Å². The van der Waals surface area contributed by atoms with E-state index in [2.05, 4.69) is 20.7 Å². The third-order valence-corrected chi connectivity index (χ3v) is 5.80. The summed E-state index contributed by atoms with van der Waals surface area (Å²) in [6.07, 6.45) is 0. The van der Waals surface area contributed by atoms with Crippen LogP contribution in [0.15, 0.2) is 39.7 Å². The molecule has 1 heterocycles. The van der Waals surface area contributed by atoms with E-state index >= 15 is 0 Å². The predicted octanol–water partition coefficient (Wildman–Crippen LogP) is 3.00. The number of aryl methyl sites for hydroxylation is 1. The standard InChI is InChI=1S/C13H12BrNO4S2/c1-8-2-3-9(20-8)7-15-21(18,19)10-4-5-12(14)11(6-10)13(16)17/h2-6,15H,7H2,1H3,(H,16,17). The van der Waals surface area contributed by atoms with Crippen molar-refractivity contribution in [1.29, 1.82) is 0 Å². The molecule has 0 spiro atoms. The lowest BCUT2D eigenvalue weighted by Gasteiger charge is -2.07. The van der Waals surface area contributed by atoms with Crippen LogP contribution in [0, 0.1) is 6.92 Å². The second-order valence-corrected chi connectivity index (χ2v) is 8.28. The molecule has 0 bridgehead atoms. The van der Waals surface area contributed by atoms with E-state index in [9.17, 15) is 13.2 Å². The molecular weight excluding hydrogens is 378 g/mol. The Kier molecular flexibility index (Phi) is 4.82. The van der Waals surface area contributed by atoms with Gasteiger partial charge in [-0.05, 0) is 53.2 Å². The fourth-order valence-corrected chi connectivity index (χ4v) is 4.04. The normalized spacial score (nSPS) is 11.5. The summed E-state index contributed by atoms with van der Waals surface area (Å²) in [6.45, 7) is 2.12. The number of rotatable bonds is 5. The molecule has 1 aromatic carbocycles. The number of aromatic carboxylic acids is 1. The van der Waals surface area contributed by atoms with Gasteiger partial charge in [-0.25, -0.2) is 17.9 Å². The Morgan fingerprint density at radius 2 is 2.05 bits per heavy atom. The van der Waals surface area contributed by atoms with Crippen molar-refractivity contribution in [1.82, 2.24) is 4.72 Å². The number of sulfonamides is 1. The number of benzene rings is 1.